The van der Waals surface area contributed by atoms with E-state index in [-0.39, 0.29) is 12.0 Å². The van der Waals surface area contributed by atoms with Crippen LogP contribution in [0, 0.1) is 0 Å². The molecule has 2 heterocycles. The van der Waals surface area contributed by atoms with Crippen molar-refractivity contribution in [2.45, 2.75) is 25.4 Å². The van der Waals surface area contributed by atoms with Gasteiger partial charge in [-0.15, -0.1) is 0 Å². The van der Waals surface area contributed by atoms with Crippen molar-refractivity contribution < 1.29 is 9.53 Å². The van der Waals surface area contributed by atoms with Gasteiger partial charge in [0.2, 0.25) is 5.91 Å². The van der Waals surface area contributed by atoms with E-state index in [1.165, 1.54) is 24.9 Å². The highest BCUT2D eigenvalue weighted by molar-refractivity contribution is 6.42. The average molecular weight is 448 g/mol. The minimum atomic E-state index is -0.120. The van der Waals surface area contributed by atoms with Gasteiger partial charge in [0.1, 0.15) is 0 Å². The number of benzene rings is 2. The van der Waals surface area contributed by atoms with Gasteiger partial charge in [-0.05, 0) is 61.2 Å². The number of amides is 1. The standard InChI is InChI=1S/C23H27Cl2N3O2/c24-20-9-4-17(14-21(20)25)22-15-27(12-13-30-22)16-23(29)26-18-5-7-19(8-6-18)28-10-2-1-3-11-28/h4-9,14,22H,1-3,10-13,15-16H2,(H,26,29). The Kier molecular flexibility index (Phi) is 7.16. The van der Waals surface area contributed by atoms with Gasteiger partial charge < -0.3 is 15.0 Å². The van der Waals surface area contributed by atoms with Crippen LogP contribution in [0.1, 0.15) is 30.9 Å². The van der Waals surface area contributed by atoms with E-state index < -0.39 is 0 Å². The van der Waals surface area contributed by atoms with Crippen LogP contribution in [0.4, 0.5) is 11.4 Å². The van der Waals surface area contributed by atoms with Crippen molar-refractivity contribution in [3.8, 4) is 0 Å². The highest BCUT2D eigenvalue weighted by Gasteiger charge is 2.24. The van der Waals surface area contributed by atoms with E-state index >= 15 is 0 Å². The van der Waals surface area contributed by atoms with E-state index in [1.54, 1.807) is 6.07 Å². The number of piperidine rings is 1. The predicted octanol–water partition coefficient (Wildman–Crippen LogP) is 5.00. The summed E-state index contributed by atoms with van der Waals surface area (Å²) in [5.74, 6) is -0.0180. The second-order valence-electron chi connectivity index (χ2n) is 7.91. The molecule has 1 unspecified atom stereocenters. The summed E-state index contributed by atoms with van der Waals surface area (Å²) < 4.78 is 5.88. The Morgan fingerprint density at radius 3 is 2.50 bits per heavy atom. The molecule has 0 spiro atoms. The van der Waals surface area contributed by atoms with Gasteiger partial charge in [-0.2, -0.15) is 0 Å². The Balaban J connectivity index is 1.30. The Bertz CT molecular complexity index is 869. The van der Waals surface area contributed by atoms with E-state index in [4.69, 9.17) is 27.9 Å². The van der Waals surface area contributed by atoms with Crippen LogP contribution in [0.3, 0.4) is 0 Å². The third-order valence-electron chi connectivity index (χ3n) is 5.71. The first kappa shape index (κ1) is 21.4. The first-order valence-corrected chi connectivity index (χ1v) is 11.3. The summed E-state index contributed by atoms with van der Waals surface area (Å²) in [6.45, 7) is 4.49. The molecule has 30 heavy (non-hydrogen) atoms. The summed E-state index contributed by atoms with van der Waals surface area (Å²) in [5.41, 5.74) is 3.03. The quantitative estimate of drug-likeness (QED) is 0.700. The molecule has 2 fully saturated rings. The molecule has 0 aliphatic carbocycles. The van der Waals surface area contributed by atoms with E-state index in [9.17, 15) is 4.79 Å². The predicted molar refractivity (Wildman–Crippen MR) is 123 cm³/mol. The van der Waals surface area contributed by atoms with Gasteiger partial charge >= 0.3 is 0 Å². The molecular weight excluding hydrogens is 421 g/mol. The van der Waals surface area contributed by atoms with Gasteiger partial charge in [-0.25, -0.2) is 0 Å². The smallest absolute Gasteiger partial charge is 0.238 e. The number of hydrogen-bond donors (Lipinski definition) is 1. The van der Waals surface area contributed by atoms with E-state index in [0.29, 0.717) is 29.7 Å². The summed E-state index contributed by atoms with van der Waals surface area (Å²) in [6.07, 6.45) is 3.70. The van der Waals surface area contributed by atoms with Crippen LogP contribution in [0.15, 0.2) is 42.5 Å². The van der Waals surface area contributed by atoms with Crippen molar-refractivity contribution >= 4 is 40.5 Å². The first-order chi connectivity index (χ1) is 14.6. The van der Waals surface area contributed by atoms with Crippen LogP contribution >= 0.6 is 23.2 Å². The molecule has 0 radical (unpaired) electrons. The topological polar surface area (TPSA) is 44.8 Å². The zero-order valence-corrected chi connectivity index (χ0v) is 18.5. The van der Waals surface area contributed by atoms with Gasteiger partial charge in [-0.3, -0.25) is 9.69 Å². The molecule has 2 aromatic carbocycles. The van der Waals surface area contributed by atoms with Gasteiger partial charge in [0.25, 0.3) is 0 Å². The number of ether oxygens (including phenoxy) is 1. The van der Waals surface area contributed by atoms with Gasteiger partial charge in [-0.1, -0.05) is 29.3 Å². The van der Waals surface area contributed by atoms with E-state index in [0.717, 1.165) is 30.9 Å². The van der Waals surface area contributed by atoms with Crippen molar-refractivity contribution in [1.29, 1.82) is 0 Å². The molecule has 4 rings (SSSR count). The molecule has 2 saturated heterocycles. The molecule has 2 aromatic rings. The summed E-state index contributed by atoms with van der Waals surface area (Å²) in [7, 11) is 0. The third-order valence-corrected chi connectivity index (χ3v) is 6.44. The number of hydrogen-bond acceptors (Lipinski definition) is 4. The summed E-state index contributed by atoms with van der Waals surface area (Å²) in [5, 5.41) is 4.05. The molecule has 160 valence electrons. The normalized spacial score (nSPS) is 20.2. The second-order valence-corrected chi connectivity index (χ2v) is 8.73. The number of carbonyl (C=O) groups is 1. The molecule has 1 amide bonds. The molecule has 2 aliphatic heterocycles. The maximum Gasteiger partial charge on any atom is 0.238 e. The summed E-state index contributed by atoms with van der Waals surface area (Å²) in [4.78, 5) is 17.1. The van der Waals surface area contributed by atoms with Crippen LogP contribution in [0.2, 0.25) is 10.0 Å². The molecule has 5 nitrogen and oxygen atoms in total. The van der Waals surface area contributed by atoms with E-state index in [1.807, 2.05) is 24.3 Å². The molecule has 2 aliphatic rings. The SMILES string of the molecule is O=C(CN1CCOC(c2ccc(Cl)c(Cl)c2)C1)Nc1ccc(N2CCCCC2)cc1. The maximum atomic E-state index is 12.6. The van der Waals surface area contributed by atoms with Gasteiger partial charge in [0.05, 0.1) is 29.3 Å². The van der Waals surface area contributed by atoms with Crippen LogP contribution in [0.5, 0.6) is 0 Å². The largest absolute Gasteiger partial charge is 0.372 e. The lowest BCUT2D eigenvalue weighted by Gasteiger charge is -2.32. The number of anilines is 2. The molecule has 0 saturated carbocycles. The fraction of sp³-hybridized carbons (Fsp3) is 0.435. The zero-order chi connectivity index (χ0) is 20.9. The fourth-order valence-electron chi connectivity index (χ4n) is 4.07. The summed E-state index contributed by atoms with van der Waals surface area (Å²) >= 11 is 12.1. The number of halogens is 2. The van der Waals surface area contributed by atoms with Crippen LogP contribution in [0.25, 0.3) is 0 Å². The van der Waals surface area contributed by atoms with Crippen LogP contribution < -0.4 is 10.2 Å². The second kappa shape index (κ2) is 10.0. The molecular formula is C23H27Cl2N3O2. The van der Waals surface area contributed by atoms with Crippen LogP contribution in [-0.4, -0.2) is 50.1 Å². The fourth-order valence-corrected chi connectivity index (χ4v) is 4.38. The van der Waals surface area contributed by atoms with Crippen molar-refractivity contribution in [3.05, 3.63) is 58.1 Å². The Hall–Kier alpha value is -1.79. The third kappa shape index (κ3) is 5.46. The van der Waals surface area contributed by atoms with E-state index in [2.05, 4.69) is 27.2 Å². The number of rotatable bonds is 5. The molecule has 0 bridgehead atoms. The monoisotopic (exact) mass is 447 g/mol. The minimum absolute atomic E-state index is 0.0180. The Morgan fingerprint density at radius 2 is 1.77 bits per heavy atom. The van der Waals surface area contributed by atoms with Gasteiger partial charge in [0, 0.05) is 37.6 Å². The number of carbonyl (C=O) groups excluding carboxylic acids is 1. The molecule has 7 heteroatoms. The van der Waals surface area contributed by atoms with Crippen molar-refractivity contribution in [2.75, 3.05) is 49.5 Å². The number of morpholine rings is 1. The minimum Gasteiger partial charge on any atom is -0.372 e. The molecule has 0 aromatic heterocycles. The Labute approximate surface area is 187 Å². The lowest BCUT2D eigenvalue weighted by atomic mass is 10.1. The average Bonchev–Trinajstić information content (AvgIpc) is 2.77. The zero-order valence-electron chi connectivity index (χ0n) is 16.9. The number of nitrogens with zero attached hydrogens (tertiary/aromatic N) is 2. The van der Waals surface area contributed by atoms with Crippen molar-refractivity contribution in [3.63, 3.8) is 0 Å². The number of nitrogens with one attached hydrogen (secondary N) is 1. The molecule has 1 N–H and O–H groups in total. The van der Waals surface area contributed by atoms with Crippen LogP contribution in [-0.2, 0) is 9.53 Å². The van der Waals surface area contributed by atoms with Crippen molar-refractivity contribution in [1.82, 2.24) is 4.90 Å². The maximum absolute atomic E-state index is 12.6. The highest BCUT2D eigenvalue weighted by atomic mass is 35.5. The van der Waals surface area contributed by atoms with Crippen molar-refractivity contribution in [2.24, 2.45) is 0 Å². The lowest BCUT2D eigenvalue weighted by molar-refractivity contribution is -0.119. The van der Waals surface area contributed by atoms with Gasteiger partial charge in [0.15, 0.2) is 0 Å². The molecule has 1 atom stereocenters. The highest BCUT2D eigenvalue weighted by Crippen LogP contribution is 2.29. The Morgan fingerprint density at radius 1 is 1.00 bits per heavy atom. The summed E-state index contributed by atoms with van der Waals surface area (Å²) in [6, 6.07) is 13.7. The first-order valence-electron chi connectivity index (χ1n) is 10.5. The lowest BCUT2D eigenvalue weighted by Crippen LogP contribution is -2.42.